The summed E-state index contributed by atoms with van der Waals surface area (Å²) < 4.78 is 6.33. The summed E-state index contributed by atoms with van der Waals surface area (Å²) in [6.07, 6.45) is 0. The van der Waals surface area contributed by atoms with Gasteiger partial charge in [-0.3, -0.25) is 0 Å². The van der Waals surface area contributed by atoms with E-state index in [4.69, 9.17) is 27.9 Å². The van der Waals surface area contributed by atoms with Gasteiger partial charge < -0.3 is 10.1 Å². The Morgan fingerprint density at radius 1 is 1.29 bits per heavy atom. The zero-order valence-electron chi connectivity index (χ0n) is 9.90. The van der Waals surface area contributed by atoms with Crippen LogP contribution >= 0.6 is 39.1 Å². The molecule has 0 fully saturated rings. The lowest BCUT2D eigenvalue weighted by Gasteiger charge is -2.11. The van der Waals surface area contributed by atoms with Crippen LogP contribution < -0.4 is 10.1 Å². The van der Waals surface area contributed by atoms with Crippen LogP contribution in [0, 0.1) is 5.92 Å². The van der Waals surface area contributed by atoms with Crippen LogP contribution in [-0.2, 0) is 0 Å². The van der Waals surface area contributed by atoms with Crippen LogP contribution in [0.3, 0.4) is 0 Å². The topological polar surface area (TPSA) is 21.3 Å². The lowest BCUT2D eigenvalue weighted by molar-refractivity contribution is 0.311. The van der Waals surface area contributed by atoms with E-state index in [0.717, 1.165) is 17.6 Å². The van der Waals surface area contributed by atoms with Crippen LogP contribution in [0.2, 0.25) is 10.0 Å². The second kappa shape index (κ2) is 7.47. The van der Waals surface area contributed by atoms with Crippen molar-refractivity contribution in [3.63, 3.8) is 0 Å². The fourth-order valence-electron chi connectivity index (χ4n) is 1.24. The summed E-state index contributed by atoms with van der Waals surface area (Å²) >= 11 is 15.3. The van der Waals surface area contributed by atoms with E-state index in [1.165, 1.54) is 0 Å². The number of benzene rings is 1. The van der Waals surface area contributed by atoms with Gasteiger partial charge in [0.15, 0.2) is 0 Å². The van der Waals surface area contributed by atoms with Gasteiger partial charge in [-0.05, 0) is 34.5 Å². The first kappa shape index (κ1) is 15.1. The molecule has 1 N–H and O–H groups in total. The van der Waals surface area contributed by atoms with Crippen molar-refractivity contribution in [2.45, 2.75) is 13.8 Å². The average molecular weight is 341 g/mol. The summed E-state index contributed by atoms with van der Waals surface area (Å²) in [5.41, 5.74) is 0. The van der Waals surface area contributed by atoms with E-state index in [-0.39, 0.29) is 0 Å². The Kier molecular flexibility index (Phi) is 6.63. The third kappa shape index (κ3) is 5.47. The zero-order valence-corrected chi connectivity index (χ0v) is 13.0. The van der Waals surface area contributed by atoms with Crippen molar-refractivity contribution < 1.29 is 4.74 Å². The van der Waals surface area contributed by atoms with Gasteiger partial charge in [-0.1, -0.05) is 37.0 Å². The Hall–Kier alpha value is 0.0400. The minimum atomic E-state index is 0.560. The normalized spacial score (nSPS) is 10.9. The van der Waals surface area contributed by atoms with E-state index in [0.29, 0.717) is 28.3 Å². The Labute approximate surface area is 121 Å². The predicted octanol–water partition coefficient (Wildman–Crippen LogP) is 4.38. The van der Waals surface area contributed by atoms with Crippen LogP contribution in [0.15, 0.2) is 16.6 Å². The van der Waals surface area contributed by atoms with Crippen molar-refractivity contribution in [1.29, 1.82) is 0 Å². The number of hydrogen-bond donors (Lipinski definition) is 1. The molecule has 0 aromatic heterocycles. The summed E-state index contributed by atoms with van der Waals surface area (Å²) in [5, 5.41) is 4.45. The van der Waals surface area contributed by atoms with Gasteiger partial charge in [-0.15, -0.1) is 0 Å². The monoisotopic (exact) mass is 339 g/mol. The SMILES string of the molecule is CC(C)CNCCOc1cc(Cl)c(Br)cc1Cl. The summed E-state index contributed by atoms with van der Waals surface area (Å²) in [6, 6.07) is 3.46. The number of rotatable bonds is 6. The fourth-order valence-corrected chi connectivity index (χ4v) is 2.09. The van der Waals surface area contributed by atoms with Crippen molar-refractivity contribution in [3.05, 3.63) is 26.7 Å². The molecule has 5 heteroatoms. The molecule has 0 bridgehead atoms. The lowest BCUT2D eigenvalue weighted by Crippen LogP contribution is -2.24. The van der Waals surface area contributed by atoms with Gasteiger partial charge in [-0.2, -0.15) is 0 Å². The highest BCUT2D eigenvalue weighted by Gasteiger charge is 2.06. The second-order valence-corrected chi connectivity index (χ2v) is 5.81. The van der Waals surface area contributed by atoms with Crippen LogP contribution in [0.1, 0.15) is 13.8 Å². The molecule has 0 spiro atoms. The van der Waals surface area contributed by atoms with E-state index >= 15 is 0 Å². The van der Waals surface area contributed by atoms with Gasteiger partial charge in [-0.25, -0.2) is 0 Å². The zero-order chi connectivity index (χ0) is 12.8. The standard InChI is InChI=1S/C12H16BrCl2NO/c1-8(2)7-16-3-4-17-12-6-10(14)9(13)5-11(12)15/h5-6,8,16H,3-4,7H2,1-2H3. The number of ether oxygens (including phenoxy) is 1. The first-order valence-electron chi connectivity index (χ1n) is 5.48. The van der Waals surface area contributed by atoms with Gasteiger partial charge in [0.05, 0.1) is 10.0 Å². The van der Waals surface area contributed by atoms with Crippen LogP contribution in [0.25, 0.3) is 0 Å². The minimum absolute atomic E-state index is 0.560. The Morgan fingerprint density at radius 3 is 2.65 bits per heavy atom. The second-order valence-electron chi connectivity index (χ2n) is 4.14. The van der Waals surface area contributed by atoms with Gasteiger partial charge in [0.25, 0.3) is 0 Å². The predicted molar refractivity (Wildman–Crippen MR) is 77.4 cm³/mol. The molecule has 1 aromatic rings. The van der Waals surface area contributed by atoms with Crippen molar-refractivity contribution in [1.82, 2.24) is 5.32 Å². The molecular weight excluding hydrogens is 325 g/mol. The largest absolute Gasteiger partial charge is 0.491 e. The Morgan fingerprint density at radius 2 is 2.00 bits per heavy atom. The summed E-state index contributed by atoms with van der Waals surface area (Å²) in [4.78, 5) is 0. The molecule has 0 aliphatic rings. The first-order chi connectivity index (χ1) is 8.00. The van der Waals surface area contributed by atoms with Crippen LogP contribution in [0.4, 0.5) is 0 Å². The number of halogens is 3. The van der Waals surface area contributed by atoms with E-state index in [1.54, 1.807) is 12.1 Å². The van der Waals surface area contributed by atoms with Gasteiger partial charge in [0.1, 0.15) is 12.4 Å². The van der Waals surface area contributed by atoms with E-state index in [2.05, 4.69) is 35.1 Å². The summed E-state index contributed by atoms with van der Waals surface area (Å²) in [7, 11) is 0. The highest BCUT2D eigenvalue weighted by atomic mass is 79.9. The van der Waals surface area contributed by atoms with Crippen LogP contribution in [-0.4, -0.2) is 19.7 Å². The number of hydrogen-bond acceptors (Lipinski definition) is 2. The molecule has 0 unspecified atom stereocenters. The van der Waals surface area contributed by atoms with E-state index in [9.17, 15) is 0 Å². The Bertz CT molecular complexity index is 372. The molecule has 0 heterocycles. The molecule has 0 aliphatic heterocycles. The minimum Gasteiger partial charge on any atom is -0.491 e. The van der Waals surface area contributed by atoms with Crippen molar-refractivity contribution in [3.8, 4) is 5.75 Å². The van der Waals surface area contributed by atoms with E-state index in [1.807, 2.05) is 0 Å². The molecule has 0 radical (unpaired) electrons. The third-order valence-corrected chi connectivity index (χ3v) is 3.56. The molecule has 17 heavy (non-hydrogen) atoms. The first-order valence-corrected chi connectivity index (χ1v) is 7.03. The molecular formula is C12H16BrCl2NO. The average Bonchev–Trinajstić information content (AvgIpc) is 2.24. The molecule has 2 nitrogen and oxygen atoms in total. The van der Waals surface area contributed by atoms with Crippen molar-refractivity contribution in [2.75, 3.05) is 19.7 Å². The maximum atomic E-state index is 6.03. The highest BCUT2D eigenvalue weighted by molar-refractivity contribution is 9.10. The van der Waals surface area contributed by atoms with Crippen LogP contribution in [0.5, 0.6) is 5.75 Å². The quantitative estimate of drug-likeness (QED) is 0.613. The third-order valence-electron chi connectivity index (χ3n) is 2.06. The maximum absolute atomic E-state index is 6.03. The highest BCUT2D eigenvalue weighted by Crippen LogP contribution is 2.33. The summed E-state index contributed by atoms with van der Waals surface area (Å²) in [6.45, 7) is 6.68. The van der Waals surface area contributed by atoms with Crippen molar-refractivity contribution in [2.24, 2.45) is 5.92 Å². The molecule has 1 rings (SSSR count). The molecule has 1 aromatic carbocycles. The molecule has 96 valence electrons. The molecule has 0 atom stereocenters. The Balaban J connectivity index is 2.39. The van der Waals surface area contributed by atoms with Gasteiger partial charge in [0, 0.05) is 17.1 Å². The maximum Gasteiger partial charge on any atom is 0.139 e. The molecule has 0 amide bonds. The molecule has 0 saturated carbocycles. The number of nitrogens with one attached hydrogen (secondary N) is 1. The smallest absolute Gasteiger partial charge is 0.139 e. The fraction of sp³-hybridized carbons (Fsp3) is 0.500. The van der Waals surface area contributed by atoms with Crippen molar-refractivity contribution >= 4 is 39.1 Å². The van der Waals surface area contributed by atoms with E-state index < -0.39 is 0 Å². The molecule has 0 saturated heterocycles. The summed E-state index contributed by atoms with van der Waals surface area (Å²) in [5.74, 6) is 1.26. The lowest BCUT2D eigenvalue weighted by atomic mass is 10.2. The van der Waals surface area contributed by atoms with Gasteiger partial charge in [0.2, 0.25) is 0 Å². The van der Waals surface area contributed by atoms with Gasteiger partial charge >= 0.3 is 0 Å². The molecule has 0 aliphatic carbocycles.